The molecule has 4 rings (SSSR count). The van der Waals surface area contributed by atoms with Crippen LogP contribution in [0.15, 0.2) is 88.7 Å². The van der Waals surface area contributed by atoms with E-state index < -0.39 is 0 Å². The molecule has 0 saturated carbocycles. The average molecular weight is 344 g/mol. The van der Waals surface area contributed by atoms with Gasteiger partial charge in [0.25, 0.3) is 0 Å². The van der Waals surface area contributed by atoms with Crippen LogP contribution < -0.4 is 4.74 Å². The van der Waals surface area contributed by atoms with Gasteiger partial charge in [0.2, 0.25) is 5.78 Å². The molecule has 0 spiro atoms. The molecule has 0 atom stereocenters. The van der Waals surface area contributed by atoms with Crippen LogP contribution in [0.25, 0.3) is 6.08 Å². The number of rotatable bonds is 4. The predicted molar refractivity (Wildman–Crippen MR) is 102 cm³/mol. The van der Waals surface area contributed by atoms with Crippen molar-refractivity contribution in [3.8, 4) is 5.75 Å². The molecule has 0 radical (unpaired) electrons. The minimum atomic E-state index is 0.102. The van der Waals surface area contributed by atoms with Crippen LogP contribution >= 0.6 is 11.8 Å². The first-order valence-corrected chi connectivity index (χ1v) is 8.91. The number of Topliss-reactive ketones (excluding diaryl/α,β-unsaturated/α-hetero) is 1. The van der Waals surface area contributed by atoms with Crippen molar-refractivity contribution in [3.63, 3.8) is 0 Å². The van der Waals surface area contributed by atoms with Gasteiger partial charge in [-0.15, -0.1) is 0 Å². The third kappa shape index (κ3) is 3.52. The van der Waals surface area contributed by atoms with Gasteiger partial charge in [-0.1, -0.05) is 66.4 Å². The van der Waals surface area contributed by atoms with Crippen LogP contribution in [0.1, 0.15) is 21.5 Å². The summed E-state index contributed by atoms with van der Waals surface area (Å²) in [5.74, 6) is 0.921. The number of hydrogen-bond donors (Lipinski definition) is 0. The Kier molecular flexibility index (Phi) is 4.40. The van der Waals surface area contributed by atoms with Gasteiger partial charge >= 0.3 is 0 Å². The third-order valence-electron chi connectivity index (χ3n) is 4.00. The second-order valence-electron chi connectivity index (χ2n) is 5.78. The van der Waals surface area contributed by atoms with E-state index in [4.69, 9.17) is 4.74 Å². The fourth-order valence-corrected chi connectivity index (χ4v) is 3.74. The van der Waals surface area contributed by atoms with Gasteiger partial charge < -0.3 is 4.74 Å². The Balaban J connectivity index is 1.45. The SMILES string of the molecule is O=C1/C(=C/c2ccc(OCc3ccccc3)cc2)Sc2ccccc21. The second kappa shape index (κ2) is 6.99. The van der Waals surface area contributed by atoms with E-state index in [0.29, 0.717) is 6.61 Å². The summed E-state index contributed by atoms with van der Waals surface area (Å²) < 4.78 is 5.80. The molecule has 25 heavy (non-hydrogen) atoms. The molecule has 0 aromatic heterocycles. The lowest BCUT2D eigenvalue weighted by atomic mass is 10.1. The molecule has 122 valence electrons. The number of ketones is 1. The maximum absolute atomic E-state index is 12.4. The van der Waals surface area contributed by atoms with E-state index in [0.717, 1.165) is 32.2 Å². The maximum Gasteiger partial charge on any atom is 0.200 e. The lowest BCUT2D eigenvalue weighted by Gasteiger charge is -2.06. The zero-order valence-electron chi connectivity index (χ0n) is 13.5. The highest BCUT2D eigenvalue weighted by Gasteiger charge is 2.24. The highest BCUT2D eigenvalue weighted by atomic mass is 32.2. The number of fused-ring (bicyclic) bond motifs is 1. The number of allylic oxidation sites excluding steroid dienone is 1. The van der Waals surface area contributed by atoms with Crippen molar-refractivity contribution in [2.45, 2.75) is 11.5 Å². The summed E-state index contributed by atoms with van der Waals surface area (Å²) in [4.78, 5) is 14.2. The molecule has 0 amide bonds. The standard InChI is InChI=1S/C22H16O2S/c23-22-19-8-4-5-9-20(19)25-21(22)14-16-10-12-18(13-11-16)24-15-17-6-2-1-3-7-17/h1-14H,15H2/b21-14-. The van der Waals surface area contributed by atoms with Crippen molar-refractivity contribution < 1.29 is 9.53 Å². The number of ether oxygens (including phenoxy) is 1. The van der Waals surface area contributed by atoms with Crippen LogP contribution in [-0.2, 0) is 6.61 Å². The summed E-state index contributed by atoms with van der Waals surface area (Å²) in [6.45, 7) is 0.547. The van der Waals surface area contributed by atoms with Crippen LogP contribution in [0.4, 0.5) is 0 Å². The number of hydrogen-bond acceptors (Lipinski definition) is 3. The van der Waals surface area contributed by atoms with Crippen molar-refractivity contribution >= 4 is 23.6 Å². The van der Waals surface area contributed by atoms with E-state index in [1.807, 2.05) is 84.9 Å². The van der Waals surface area contributed by atoms with Gasteiger partial charge in [-0.25, -0.2) is 0 Å². The fourth-order valence-electron chi connectivity index (χ4n) is 2.69. The summed E-state index contributed by atoms with van der Waals surface area (Å²) in [6, 6.07) is 25.6. The van der Waals surface area contributed by atoms with E-state index >= 15 is 0 Å². The van der Waals surface area contributed by atoms with Gasteiger partial charge in [0, 0.05) is 10.5 Å². The minimum Gasteiger partial charge on any atom is -0.489 e. The lowest BCUT2D eigenvalue weighted by molar-refractivity contribution is 0.104. The number of carbonyl (C=O) groups excluding carboxylic acids is 1. The Bertz CT molecular complexity index is 928. The molecule has 2 nitrogen and oxygen atoms in total. The number of carbonyl (C=O) groups is 1. The van der Waals surface area contributed by atoms with E-state index in [1.54, 1.807) is 0 Å². The van der Waals surface area contributed by atoms with E-state index in [9.17, 15) is 4.79 Å². The summed E-state index contributed by atoms with van der Waals surface area (Å²) in [5.41, 5.74) is 2.93. The first kappa shape index (κ1) is 15.7. The van der Waals surface area contributed by atoms with E-state index in [1.165, 1.54) is 11.8 Å². The molecule has 3 heteroatoms. The van der Waals surface area contributed by atoms with Crippen molar-refractivity contribution in [2.24, 2.45) is 0 Å². The van der Waals surface area contributed by atoms with Gasteiger partial charge in [-0.2, -0.15) is 0 Å². The molecule has 3 aromatic carbocycles. The summed E-state index contributed by atoms with van der Waals surface area (Å²) in [6.07, 6.45) is 1.94. The molecule has 0 fully saturated rings. The van der Waals surface area contributed by atoms with Crippen LogP contribution in [-0.4, -0.2) is 5.78 Å². The van der Waals surface area contributed by atoms with Crippen LogP contribution in [0.2, 0.25) is 0 Å². The molecule has 1 aliphatic heterocycles. The van der Waals surface area contributed by atoms with Gasteiger partial charge in [0.1, 0.15) is 12.4 Å². The number of benzene rings is 3. The second-order valence-corrected chi connectivity index (χ2v) is 6.86. The van der Waals surface area contributed by atoms with E-state index in [-0.39, 0.29) is 5.78 Å². The molecule has 0 saturated heterocycles. The first-order valence-electron chi connectivity index (χ1n) is 8.10. The van der Waals surface area contributed by atoms with Crippen molar-refractivity contribution in [1.29, 1.82) is 0 Å². The smallest absolute Gasteiger partial charge is 0.200 e. The van der Waals surface area contributed by atoms with E-state index in [2.05, 4.69) is 0 Å². The predicted octanol–water partition coefficient (Wildman–Crippen LogP) is 5.60. The molecule has 0 unspecified atom stereocenters. The Labute approximate surface area is 151 Å². The van der Waals surface area contributed by atoms with Crippen LogP contribution in [0, 0.1) is 0 Å². The van der Waals surface area contributed by atoms with Gasteiger partial charge in [-0.05, 0) is 41.5 Å². The maximum atomic E-state index is 12.4. The van der Waals surface area contributed by atoms with Crippen LogP contribution in [0.3, 0.4) is 0 Å². The third-order valence-corrected chi connectivity index (χ3v) is 5.10. The van der Waals surface area contributed by atoms with Gasteiger partial charge in [-0.3, -0.25) is 4.79 Å². The summed E-state index contributed by atoms with van der Waals surface area (Å²) in [7, 11) is 0. The monoisotopic (exact) mass is 344 g/mol. The molecule has 0 aliphatic carbocycles. The van der Waals surface area contributed by atoms with Crippen molar-refractivity contribution in [2.75, 3.05) is 0 Å². The van der Waals surface area contributed by atoms with Crippen molar-refractivity contribution in [3.05, 3.63) is 100 Å². The molecule has 3 aromatic rings. The zero-order chi connectivity index (χ0) is 17.1. The van der Waals surface area contributed by atoms with Crippen molar-refractivity contribution in [1.82, 2.24) is 0 Å². The average Bonchev–Trinajstić information content (AvgIpc) is 2.98. The molecule has 1 heterocycles. The minimum absolute atomic E-state index is 0.102. The molecular weight excluding hydrogens is 328 g/mol. The topological polar surface area (TPSA) is 26.3 Å². The highest BCUT2D eigenvalue weighted by molar-refractivity contribution is 8.04. The van der Waals surface area contributed by atoms with Gasteiger partial charge in [0.15, 0.2) is 0 Å². The zero-order valence-corrected chi connectivity index (χ0v) is 14.3. The fraction of sp³-hybridized carbons (Fsp3) is 0.0455. The highest BCUT2D eigenvalue weighted by Crippen LogP contribution is 2.40. The number of thioether (sulfide) groups is 1. The Morgan fingerprint density at radius 3 is 2.32 bits per heavy atom. The quantitative estimate of drug-likeness (QED) is 0.577. The molecule has 1 aliphatic rings. The Morgan fingerprint density at radius 2 is 1.56 bits per heavy atom. The van der Waals surface area contributed by atoms with Gasteiger partial charge in [0.05, 0.1) is 4.91 Å². The summed E-state index contributed by atoms with van der Waals surface area (Å²) >= 11 is 1.53. The normalized spacial score (nSPS) is 14.6. The first-order chi connectivity index (χ1) is 12.3. The Morgan fingerprint density at radius 1 is 0.840 bits per heavy atom. The summed E-state index contributed by atoms with van der Waals surface area (Å²) in [5, 5.41) is 0. The molecular formula is C22H16O2S. The lowest BCUT2D eigenvalue weighted by Crippen LogP contribution is -1.95. The molecule has 0 bridgehead atoms. The molecule has 0 N–H and O–H groups in total. The van der Waals surface area contributed by atoms with Crippen LogP contribution in [0.5, 0.6) is 5.75 Å². The Hall–Kier alpha value is -2.78. The largest absolute Gasteiger partial charge is 0.489 e.